The monoisotopic (exact) mass is 398 g/mol. The zero-order valence-electron chi connectivity index (χ0n) is 14.7. The molecule has 0 spiro atoms. The smallest absolute Gasteiger partial charge is 0.191 e. The number of nitrogens with one attached hydrogen (secondary N) is 2. The normalized spacial score (nSPS) is 10.9. The summed E-state index contributed by atoms with van der Waals surface area (Å²) in [6.07, 6.45) is 5.57. The minimum absolute atomic E-state index is 0.218. The van der Waals surface area contributed by atoms with Crippen LogP contribution in [-0.2, 0) is 6.54 Å². The standard InChI is InChI=1S/C20H19FN4S2/c1-27-18-9-4-7-16(12-18)23-20(26)24-22-13-17-8-5-11-25(17)14-15-6-2-3-10-19(15)21/h2-13H,14H2,1H3,(H2,23,24,26)/b22-13-. The van der Waals surface area contributed by atoms with Crippen LogP contribution >= 0.6 is 24.0 Å². The van der Waals surface area contributed by atoms with E-state index in [1.54, 1.807) is 30.1 Å². The number of benzene rings is 2. The molecule has 0 aliphatic rings. The van der Waals surface area contributed by atoms with Crippen LogP contribution in [0.1, 0.15) is 11.3 Å². The second-order valence-electron chi connectivity index (χ2n) is 5.71. The summed E-state index contributed by atoms with van der Waals surface area (Å²) in [4.78, 5) is 1.15. The van der Waals surface area contributed by atoms with E-state index in [0.29, 0.717) is 17.2 Å². The number of halogens is 1. The van der Waals surface area contributed by atoms with Gasteiger partial charge < -0.3 is 9.88 Å². The number of thiocarbonyl (C=S) groups is 1. The molecule has 0 aliphatic heterocycles. The molecule has 0 unspecified atom stereocenters. The lowest BCUT2D eigenvalue weighted by Crippen LogP contribution is -2.24. The maximum atomic E-state index is 13.8. The van der Waals surface area contributed by atoms with Gasteiger partial charge in [-0.3, -0.25) is 5.43 Å². The third-order valence-electron chi connectivity index (χ3n) is 3.85. The first-order valence-corrected chi connectivity index (χ1v) is 9.91. The van der Waals surface area contributed by atoms with Crippen molar-refractivity contribution < 1.29 is 4.39 Å². The average Bonchev–Trinajstić information content (AvgIpc) is 3.11. The van der Waals surface area contributed by atoms with Crippen molar-refractivity contribution in [3.8, 4) is 0 Å². The number of hydrazone groups is 1. The number of hydrogen-bond acceptors (Lipinski definition) is 3. The van der Waals surface area contributed by atoms with Crippen LogP contribution in [0.3, 0.4) is 0 Å². The zero-order chi connectivity index (χ0) is 19.1. The van der Waals surface area contributed by atoms with Gasteiger partial charge in [-0.25, -0.2) is 4.39 Å². The van der Waals surface area contributed by atoms with Crippen molar-refractivity contribution in [2.45, 2.75) is 11.4 Å². The van der Waals surface area contributed by atoms with Gasteiger partial charge >= 0.3 is 0 Å². The summed E-state index contributed by atoms with van der Waals surface area (Å²) in [7, 11) is 0. The van der Waals surface area contributed by atoms with Crippen LogP contribution in [0.2, 0.25) is 0 Å². The van der Waals surface area contributed by atoms with E-state index in [-0.39, 0.29) is 5.82 Å². The highest BCUT2D eigenvalue weighted by atomic mass is 32.2. The summed E-state index contributed by atoms with van der Waals surface area (Å²) in [5.74, 6) is -0.218. The van der Waals surface area contributed by atoms with Crippen molar-refractivity contribution in [1.82, 2.24) is 9.99 Å². The number of hydrogen-bond donors (Lipinski definition) is 2. The molecule has 0 aliphatic carbocycles. The van der Waals surface area contributed by atoms with Crippen molar-refractivity contribution in [2.24, 2.45) is 5.10 Å². The Hall–Kier alpha value is -2.64. The summed E-state index contributed by atoms with van der Waals surface area (Å²) in [5, 5.41) is 7.67. The second-order valence-corrected chi connectivity index (χ2v) is 7.00. The summed E-state index contributed by atoms with van der Waals surface area (Å²) in [6.45, 7) is 0.436. The minimum Gasteiger partial charge on any atom is -0.342 e. The van der Waals surface area contributed by atoms with Gasteiger partial charge in [-0.2, -0.15) is 5.10 Å². The fourth-order valence-electron chi connectivity index (χ4n) is 2.52. The highest BCUT2D eigenvalue weighted by Crippen LogP contribution is 2.18. The number of rotatable bonds is 6. The van der Waals surface area contributed by atoms with E-state index < -0.39 is 0 Å². The summed E-state index contributed by atoms with van der Waals surface area (Å²) in [6, 6.07) is 18.5. The van der Waals surface area contributed by atoms with E-state index in [9.17, 15) is 4.39 Å². The lowest BCUT2D eigenvalue weighted by molar-refractivity contribution is 0.599. The SMILES string of the molecule is CSc1cccc(NC(=S)N/N=C\c2cccn2Cc2ccccc2F)c1. The molecule has 2 aromatic carbocycles. The Balaban J connectivity index is 1.59. The lowest BCUT2D eigenvalue weighted by Gasteiger charge is -2.09. The van der Waals surface area contributed by atoms with Gasteiger partial charge in [-0.1, -0.05) is 24.3 Å². The summed E-state index contributed by atoms with van der Waals surface area (Å²) >= 11 is 6.93. The Morgan fingerprint density at radius 1 is 1.19 bits per heavy atom. The maximum Gasteiger partial charge on any atom is 0.191 e. The van der Waals surface area contributed by atoms with Gasteiger partial charge in [0, 0.05) is 22.3 Å². The second kappa shape index (κ2) is 9.34. The highest BCUT2D eigenvalue weighted by Gasteiger charge is 2.04. The Kier molecular flexibility index (Phi) is 6.62. The maximum absolute atomic E-state index is 13.8. The molecule has 0 bridgehead atoms. The molecule has 1 heterocycles. The van der Waals surface area contributed by atoms with Crippen LogP contribution in [0.15, 0.2) is 76.9 Å². The molecule has 0 fully saturated rings. The summed E-state index contributed by atoms with van der Waals surface area (Å²) < 4.78 is 15.8. The molecule has 7 heteroatoms. The Labute approximate surface area is 167 Å². The van der Waals surface area contributed by atoms with E-state index in [4.69, 9.17) is 12.2 Å². The lowest BCUT2D eigenvalue weighted by atomic mass is 10.2. The first kappa shape index (κ1) is 19.1. The van der Waals surface area contributed by atoms with Crippen molar-refractivity contribution in [2.75, 3.05) is 11.6 Å². The Morgan fingerprint density at radius 2 is 2.04 bits per heavy atom. The fraction of sp³-hybridized carbons (Fsp3) is 0.100. The van der Waals surface area contributed by atoms with Crippen LogP contribution in [-0.4, -0.2) is 22.1 Å². The molecular weight excluding hydrogens is 379 g/mol. The average molecular weight is 399 g/mol. The van der Waals surface area contributed by atoms with Crippen LogP contribution < -0.4 is 10.7 Å². The van der Waals surface area contributed by atoms with Crippen LogP contribution in [0.4, 0.5) is 10.1 Å². The number of thioether (sulfide) groups is 1. The number of nitrogens with zero attached hydrogens (tertiary/aromatic N) is 2. The van der Waals surface area contributed by atoms with Gasteiger partial charge in [0.15, 0.2) is 5.11 Å². The first-order chi connectivity index (χ1) is 13.2. The van der Waals surface area contributed by atoms with Crippen LogP contribution in [0.25, 0.3) is 0 Å². The van der Waals surface area contributed by atoms with E-state index >= 15 is 0 Å². The molecule has 3 aromatic rings. The topological polar surface area (TPSA) is 41.4 Å². The number of anilines is 1. The molecule has 138 valence electrons. The van der Waals surface area contributed by atoms with E-state index in [2.05, 4.69) is 15.8 Å². The predicted molar refractivity (Wildman–Crippen MR) is 115 cm³/mol. The Bertz CT molecular complexity index is 952. The largest absolute Gasteiger partial charge is 0.342 e. The van der Waals surface area contributed by atoms with E-state index in [1.165, 1.54) is 6.07 Å². The van der Waals surface area contributed by atoms with Gasteiger partial charge in [0.05, 0.1) is 18.5 Å². The van der Waals surface area contributed by atoms with Gasteiger partial charge in [0.1, 0.15) is 5.82 Å². The van der Waals surface area contributed by atoms with Gasteiger partial charge in [-0.15, -0.1) is 11.8 Å². The zero-order valence-corrected chi connectivity index (χ0v) is 16.4. The summed E-state index contributed by atoms with van der Waals surface area (Å²) in [5.41, 5.74) is 5.18. The molecule has 3 rings (SSSR count). The molecule has 27 heavy (non-hydrogen) atoms. The molecular formula is C20H19FN4S2. The third-order valence-corrected chi connectivity index (χ3v) is 4.77. The molecule has 0 saturated heterocycles. The first-order valence-electron chi connectivity index (χ1n) is 8.28. The van der Waals surface area contributed by atoms with Crippen molar-refractivity contribution in [1.29, 1.82) is 0 Å². The minimum atomic E-state index is -0.218. The predicted octanol–water partition coefficient (Wildman–Crippen LogP) is 4.72. The van der Waals surface area contributed by atoms with E-state index in [0.717, 1.165) is 16.3 Å². The molecule has 0 radical (unpaired) electrons. The van der Waals surface area contributed by atoms with Crippen LogP contribution in [0.5, 0.6) is 0 Å². The fourth-order valence-corrected chi connectivity index (χ4v) is 3.15. The van der Waals surface area contributed by atoms with Crippen molar-refractivity contribution in [3.05, 3.63) is 83.9 Å². The Morgan fingerprint density at radius 3 is 2.85 bits per heavy atom. The van der Waals surface area contributed by atoms with Crippen LogP contribution in [0, 0.1) is 5.82 Å². The van der Waals surface area contributed by atoms with Gasteiger partial charge in [0.2, 0.25) is 0 Å². The highest BCUT2D eigenvalue weighted by molar-refractivity contribution is 7.98. The molecule has 4 nitrogen and oxygen atoms in total. The quantitative estimate of drug-likeness (QED) is 0.273. The van der Waals surface area contributed by atoms with Gasteiger partial charge in [-0.05, 0) is 54.9 Å². The molecule has 2 N–H and O–H groups in total. The van der Waals surface area contributed by atoms with E-state index in [1.807, 2.05) is 59.5 Å². The van der Waals surface area contributed by atoms with Gasteiger partial charge in [0.25, 0.3) is 0 Å². The molecule has 0 atom stereocenters. The molecule has 1 aromatic heterocycles. The third kappa shape index (κ3) is 5.42. The molecule has 0 saturated carbocycles. The molecule has 0 amide bonds. The van der Waals surface area contributed by atoms with Crippen molar-refractivity contribution >= 4 is 41.0 Å². The van der Waals surface area contributed by atoms with Crippen molar-refractivity contribution in [3.63, 3.8) is 0 Å². The number of aromatic nitrogens is 1.